The van der Waals surface area contributed by atoms with Crippen molar-refractivity contribution in [1.82, 2.24) is 5.32 Å². The molecular weight excluding hydrogens is 381 g/mol. The number of aliphatic imine (C=N–C) groups is 1. The summed E-state index contributed by atoms with van der Waals surface area (Å²) in [6, 6.07) is 8.62. The number of guanidine groups is 1. The van der Waals surface area contributed by atoms with Gasteiger partial charge in [0.1, 0.15) is 0 Å². The van der Waals surface area contributed by atoms with Gasteiger partial charge in [0.2, 0.25) is 0 Å². The van der Waals surface area contributed by atoms with Gasteiger partial charge in [0, 0.05) is 11.2 Å². The van der Waals surface area contributed by atoms with Gasteiger partial charge in [-0.1, -0.05) is 12.5 Å². The van der Waals surface area contributed by atoms with Crippen LogP contribution < -0.4 is 11.1 Å². The lowest BCUT2D eigenvalue weighted by Gasteiger charge is -2.25. The smallest absolute Gasteiger partial charge is 0.188 e. The van der Waals surface area contributed by atoms with Gasteiger partial charge in [-0.15, -0.1) is 35.3 Å². The number of hydrogen-bond donors (Lipinski definition) is 2. The van der Waals surface area contributed by atoms with E-state index in [2.05, 4.69) is 40.0 Å². The van der Waals surface area contributed by atoms with Crippen LogP contribution in [0.3, 0.4) is 0 Å². The molecule has 0 spiro atoms. The van der Waals surface area contributed by atoms with E-state index in [9.17, 15) is 0 Å². The van der Waals surface area contributed by atoms with Crippen LogP contribution in [0.2, 0.25) is 0 Å². The summed E-state index contributed by atoms with van der Waals surface area (Å²) < 4.78 is 1.32. The molecule has 2 aromatic rings. The molecule has 20 heavy (non-hydrogen) atoms. The second kappa shape index (κ2) is 7.26. The van der Waals surface area contributed by atoms with Crippen molar-refractivity contribution in [2.45, 2.75) is 25.8 Å². The average molecular weight is 401 g/mol. The SMILES string of the molecule is I.NC(=NCc1ccc2sccc2c1)NCC1CCC1. The van der Waals surface area contributed by atoms with Crippen LogP contribution in [0.5, 0.6) is 0 Å². The normalized spacial score (nSPS) is 15.7. The standard InChI is InChI=1S/C15H19N3S.HI/c16-15(17-9-11-2-1-3-11)18-10-12-4-5-14-13(8-12)6-7-19-14;/h4-8,11H,1-3,9-10H2,(H3,16,17,18);1H. The number of rotatable bonds is 4. The highest BCUT2D eigenvalue weighted by atomic mass is 127. The molecule has 1 aromatic heterocycles. The molecule has 3 rings (SSSR count). The summed E-state index contributed by atoms with van der Waals surface area (Å²) in [4.78, 5) is 4.40. The van der Waals surface area contributed by atoms with Crippen molar-refractivity contribution >= 4 is 51.4 Å². The van der Waals surface area contributed by atoms with Gasteiger partial charge in [-0.25, -0.2) is 4.99 Å². The first-order valence-corrected chi connectivity index (χ1v) is 7.69. The molecule has 1 aliphatic carbocycles. The minimum absolute atomic E-state index is 0. The van der Waals surface area contributed by atoms with E-state index < -0.39 is 0 Å². The van der Waals surface area contributed by atoms with E-state index in [-0.39, 0.29) is 24.0 Å². The number of nitrogens with one attached hydrogen (secondary N) is 1. The van der Waals surface area contributed by atoms with Gasteiger partial charge in [0.05, 0.1) is 6.54 Å². The van der Waals surface area contributed by atoms with Gasteiger partial charge < -0.3 is 11.1 Å². The Morgan fingerprint density at radius 3 is 2.95 bits per heavy atom. The lowest BCUT2D eigenvalue weighted by Crippen LogP contribution is -2.37. The third-order valence-electron chi connectivity index (χ3n) is 3.75. The van der Waals surface area contributed by atoms with E-state index in [0.717, 1.165) is 12.5 Å². The monoisotopic (exact) mass is 401 g/mol. The maximum atomic E-state index is 5.88. The first-order valence-electron chi connectivity index (χ1n) is 6.81. The molecule has 1 aromatic carbocycles. The number of nitrogens with two attached hydrogens (primary N) is 1. The summed E-state index contributed by atoms with van der Waals surface area (Å²) in [6.45, 7) is 1.62. The van der Waals surface area contributed by atoms with Crippen LogP contribution in [0, 0.1) is 5.92 Å². The number of thiophene rings is 1. The van der Waals surface area contributed by atoms with Gasteiger partial charge in [-0.3, -0.25) is 0 Å². The quantitative estimate of drug-likeness (QED) is 0.466. The van der Waals surface area contributed by atoms with Gasteiger partial charge in [0.25, 0.3) is 0 Å². The lowest BCUT2D eigenvalue weighted by molar-refractivity contribution is 0.315. The topological polar surface area (TPSA) is 50.4 Å². The molecule has 1 fully saturated rings. The molecule has 0 bridgehead atoms. The molecule has 0 saturated heterocycles. The van der Waals surface area contributed by atoms with Crippen LogP contribution >= 0.6 is 35.3 Å². The molecule has 0 aliphatic heterocycles. The molecule has 3 N–H and O–H groups in total. The van der Waals surface area contributed by atoms with E-state index in [1.165, 1.54) is 34.9 Å². The molecule has 0 atom stereocenters. The summed E-state index contributed by atoms with van der Waals surface area (Å²) in [6.07, 6.45) is 4.02. The molecule has 1 saturated carbocycles. The van der Waals surface area contributed by atoms with E-state index in [1.807, 2.05) is 0 Å². The minimum atomic E-state index is 0. The first-order chi connectivity index (χ1) is 9.31. The molecule has 0 amide bonds. The van der Waals surface area contributed by atoms with Crippen LogP contribution in [0.4, 0.5) is 0 Å². The lowest BCUT2D eigenvalue weighted by atomic mass is 9.85. The van der Waals surface area contributed by atoms with Crippen LogP contribution in [0.25, 0.3) is 10.1 Å². The minimum Gasteiger partial charge on any atom is -0.370 e. The number of hydrogen-bond acceptors (Lipinski definition) is 2. The number of fused-ring (bicyclic) bond motifs is 1. The third kappa shape index (κ3) is 3.85. The third-order valence-corrected chi connectivity index (χ3v) is 4.64. The van der Waals surface area contributed by atoms with Crippen LogP contribution in [0.1, 0.15) is 24.8 Å². The van der Waals surface area contributed by atoms with Gasteiger partial charge in [-0.2, -0.15) is 0 Å². The molecule has 0 unspecified atom stereocenters. The molecule has 108 valence electrons. The Labute approximate surface area is 140 Å². The van der Waals surface area contributed by atoms with Crippen molar-refractivity contribution in [3.8, 4) is 0 Å². The fraction of sp³-hybridized carbons (Fsp3) is 0.400. The second-order valence-corrected chi connectivity index (χ2v) is 6.12. The number of nitrogens with zero attached hydrogens (tertiary/aromatic N) is 1. The van der Waals surface area contributed by atoms with Crippen molar-refractivity contribution in [3.05, 3.63) is 35.2 Å². The Morgan fingerprint density at radius 2 is 2.20 bits per heavy atom. The fourth-order valence-corrected chi connectivity index (χ4v) is 3.06. The summed E-state index contributed by atoms with van der Waals surface area (Å²) in [5.74, 6) is 1.37. The Bertz CT molecular complexity index is 590. The van der Waals surface area contributed by atoms with Crippen LogP contribution in [-0.2, 0) is 6.54 Å². The highest BCUT2D eigenvalue weighted by Gasteiger charge is 2.16. The zero-order valence-corrected chi connectivity index (χ0v) is 14.5. The summed E-state index contributed by atoms with van der Waals surface area (Å²) in [5.41, 5.74) is 7.09. The zero-order chi connectivity index (χ0) is 13.1. The Kier molecular flexibility index (Phi) is 5.65. The van der Waals surface area contributed by atoms with Gasteiger partial charge in [0.15, 0.2) is 5.96 Å². The van der Waals surface area contributed by atoms with Crippen molar-refractivity contribution in [2.75, 3.05) is 6.54 Å². The summed E-state index contributed by atoms with van der Waals surface area (Å²) >= 11 is 1.77. The van der Waals surface area contributed by atoms with Gasteiger partial charge in [-0.05, 0) is 53.3 Å². The van der Waals surface area contributed by atoms with Crippen LogP contribution in [0.15, 0.2) is 34.6 Å². The molecule has 1 heterocycles. The van der Waals surface area contributed by atoms with Crippen LogP contribution in [-0.4, -0.2) is 12.5 Å². The zero-order valence-electron chi connectivity index (χ0n) is 11.3. The predicted molar refractivity (Wildman–Crippen MR) is 97.9 cm³/mol. The molecular formula is C15H20IN3S. The van der Waals surface area contributed by atoms with E-state index >= 15 is 0 Å². The van der Waals surface area contributed by atoms with Crippen molar-refractivity contribution in [1.29, 1.82) is 0 Å². The van der Waals surface area contributed by atoms with Crippen molar-refractivity contribution < 1.29 is 0 Å². The highest BCUT2D eigenvalue weighted by Crippen LogP contribution is 2.25. The van der Waals surface area contributed by atoms with Crippen molar-refractivity contribution in [3.63, 3.8) is 0 Å². The predicted octanol–water partition coefficient (Wildman–Crippen LogP) is 3.72. The Hall–Kier alpha value is -0.820. The molecule has 0 radical (unpaired) electrons. The number of benzene rings is 1. The largest absolute Gasteiger partial charge is 0.370 e. The maximum absolute atomic E-state index is 5.88. The fourth-order valence-electron chi connectivity index (χ4n) is 2.29. The summed E-state index contributed by atoms with van der Waals surface area (Å²) in [7, 11) is 0. The van der Waals surface area contributed by atoms with Gasteiger partial charge >= 0.3 is 0 Å². The Balaban J connectivity index is 0.00000147. The molecule has 3 nitrogen and oxygen atoms in total. The second-order valence-electron chi connectivity index (χ2n) is 5.17. The van der Waals surface area contributed by atoms with E-state index in [4.69, 9.17) is 5.73 Å². The first kappa shape index (κ1) is 15.6. The van der Waals surface area contributed by atoms with Crippen molar-refractivity contribution in [2.24, 2.45) is 16.6 Å². The van der Waals surface area contributed by atoms with E-state index in [1.54, 1.807) is 11.3 Å². The molecule has 1 aliphatic rings. The highest BCUT2D eigenvalue weighted by molar-refractivity contribution is 14.0. The Morgan fingerprint density at radius 1 is 1.35 bits per heavy atom. The summed E-state index contributed by atoms with van der Waals surface area (Å²) in [5, 5.41) is 6.62. The number of halogens is 1. The van der Waals surface area contributed by atoms with E-state index in [0.29, 0.717) is 12.5 Å². The average Bonchev–Trinajstić information content (AvgIpc) is 2.81. The molecule has 5 heteroatoms. The maximum Gasteiger partial charge on any atom is 0.188 e.